The van der Waals surface area contributed by atoms with E-state index in [-0.39, 0.29) is 23.2 Å². The van der Waals surface area contributed by atoms with Crippen LogP contribution in [0.15, 0.2) is 47.4 Å². The second-order valence-corrected chi connectivity index (χ2v) is 12.4. The van der Waals surface area contributed by atoms with Crippen LogP contribution in [0.2, 0.25) is 0 Å². The van der Waals surface area contributed by atoms with Gasteiger partial charge >= 0.3 is 0 Å². The van der Waals surface area contributed by atoms with E-state index >= 15 is 0 Å². The number of anilines is 1. The molecule has 1 aromatic heterocycles. The van der Waals surface area contributed by atoms with Crippen molar-refractivity contribution in [2.75, 3.05) is 51.3 Å². The van der Waals surface area contributed by atoms with Crippen LogP contribution in [0.4, 0.5) is 5.13 Å². The van der Waals surface area contributed by atoms with Gasteiger partial charge in [-0.2, -0.15) is 4.31 Å². The molecule has 0 bridgehead atoms. The maximum atomic E-state index is 13.8. The molecule has 2 aromatic carbocycles. The van der Waals surface area contributed by atoms with E-state index in [4.69, 9.17) is 9.72 Å². The van der Waals surface area contributed by atoms with Crippen molar-refractivity contribution in [2.45, 2.75) is 38.5 Å². The number of hydrogen-bond acceptors (Lipinski definition) is 7. The molecule has 1 aliphatic heterocycles. The quantitative estimate of drug-likeness (QED) is 0.330. The number of rotatable bonds is 10. The van der Waals surface area contributed by atoms with E-state index in [0.717, 1.165) is 36.1 Å². The number of likely N-dealkylation sites (N-methyl/N-ethyl adjacent to an activating group) is 1. The summed E-state index contributed by atoms with van der Waals surface area (Å²) >= 11 is 1.44. The number of thiazole rings is 1. The Morgan fingerprint density at radius 3 is 2.47 bits per heavy atom. The second-order valence-electron chi connectivity index (χ2n) is 9.42. The first-order valence-electron chi connectivity index (χ1n) is 12.9. The largest absolute Gasteiger partial charge is 0.494 e. The maximum absolute atomic E-state index is 13.8. The molecule has 0 spiro atoms. The average Bonchev–Trinajstić information content (AvgIpc) is 3.35. The molecule has 38 heavy (non-hydrogen) atoms. The topological polar surface area (TPSA) is 83.1 Å². The summed E-state index contributed by atoms with van der Waals surface area (Å²) in [7, 11) is -1.98. The van der Waals surface area contributed by atoms with E-state index in [2.05, 4.69) is 25.7 Å². The van der Waals surface area contributed by atoms with Crippen molar-refractivity contribution < 1.29 is 17.9 Å². The molecule has 1 unspecified atom stereocenters. The first kappa shape index (κ1) is 30.3. The van der Waals surface area contributed by atoms with Crippen LogP contribution in [0.25, 0.3) is 10.2 Å². The first-order valence-corrected chi connectivity index (χ1v) is 15.1. The maximum Gasteiger partial charge on any atom is 0.260 e. The van der Waals surface area contributed by atoms with E-state index in [9.17, 15) is 13.2 Å². The molecule has 1 saturated heterocycles. The van der Waals surface area contributed by atoms with E-state index in [1.807, 2.05) is 18.2 Å². The summed E-state index contributed by atoms with van der Waals surface area (Å²) in [6.07, 6.45) is 1.91. The summed E-state index contributed by atoms with van der Waals surface area (Å²) in [5.74, 6) is 0.801. The van der Waals surface area contributed by atoms with E-state index < -0.39 is 10.0 Å². The molecule has 3 aromatic rings. The Bertz CT molecular complexity index is 1330. The molecule has 11 heteroatoms. The van der Waals surface area contributed by atoms with E-state index in [0.29, 0.717) is 48.5 Å². The molecule has 0 aliphatic carbocycles. The number of amides is 1. The van der Waals surface area contributed by atoms with Crippen LogP contribution >= 0.6 is 23.7 Å². The highest BCUT2D eigenvalue weighted by molar-refractivity contribution is 7.89. The van der Waals surface area contributed by atoms with Crippen LogP contribution in [0.5, 0.6) is 5.75 Å². The Morgan fingerprint density at radius 1 is 1.13 bits per heavy atom. The number of carbonyl (C=O) groups excluding carboxylic acids is 1. The molecule has 0 N–H and O–H groups in total. The number of hydrogen-bond donors (Lipinski definition) is 0. The fraction of sp³-hybridized carbons (Fsp3) is 0.481. The van der Waals surface area contributed by atoms with Crippen LogP contribution in [0.1, 0.15) is 44.0 Å². The minimum Gasteiger partial charge on any atom is -0.494 e. The van der Waals surface area contributed by atoms with Crippen molar-refractivity contribution in [3.63, 3.8) is 0 Å². The zero-order chi connectivity index (χ0) is 26.6. The summed E-state index contributed by atoms with van der Waals surface area (Å²) in [6.45, 7) is 10.3. The summed E-state index contributed by atoms with van der Waals surface area (Å²) in [6, 6.07) is 12.1. The van der Waals surface area contributed by atoms with Crippen LogP contribution in [-0.2, 0) is 10.0 Å². The SMILES string of the molecule is CCN(CC)CCN(C(=O)c1ccc(S(=O)(=O)N2CCCC(C)C2)cc1)c1nc2c(OC)cccc2s1.Cl. The first-order chi connectivity index (χ1) is 17.8. The Morgan fingerprint density at radius 2 is 1.84 bits per heavy atom. The molecule has 1 amide bonds. The predicted molar refractivity (Wildman–Crippen MR) is 156 cm³/mol. The number of nitrogens with zero attached hydrogens (tertiary/aromatic N) is 4. The number of piperidine rings is 1. The van der Waals surface area contributed by atoms with Gasteiger partial charge in [-0.3, -0.25) is 9.69 Å². The highest BCUT2D eigenvalue weighted by Gasteiger charge is 2.29. The average molecular weight is 581 g/mol. The van der Waals surface area contributed by atoms with Crippen LogP contribution in [-0.4, -0.2) is 74.9 Å². The van der Waals surface area contributed by atoms with E-state index in [1.54, 1.807) is 40.6 Å². The molecule has 8 nitrogen and oxygen atoms in total. The lowest BCUT2D eigenvalue weighted by atomic mass is 10.0. The number of methoxy groups -OCH3 is 1. The standard InChI is InChI=1S/C27H36N4O4S2.ClH/c1-5-29(6-2)17-18-31(27-28-25-23(35-4)10-7-11-24(25)36-27)26(32)21-12-14-22(15-13-21)37(33,34)30-16-8-9-20(3)19-30;/h7,10-15,20H,5-6,8-9,16-19H2,1-4H3;1H. The van der Waals surface area contributed by atoms with Gasteiger partial charge in [-0.15, -0.1) is 12.4 Å². The summed E-state index contributed by atoms with van der Waals surface area (Å²) < 4.78 is 34.3. The smallest absolute Gasteiger partial charge is 0.260 e. The van der Waals surface area contributed by atoms with Gasteiger partial charge in [-0.25, -0.2) is 13.4 Å². The van der Waals surface area contributed by atoms with Gasteiger partial charge in [-0.1, -0.05) is 38.2 Å². The molecule has 1 fully saturated rings. The normalized spacial score (nSPS) is 16.4. The Balaban J connectivity index is 0.00000400. The van der Waals surface area contributed by atoms with Crippen LogP contribution in [0.3, 0.4) is 0 Å². The number of sulfonamides is 1. The van der Waals surface area contributed by atoms with Gasteiger partial charge in [0.2, 0.25) is 10.0 Å². The van der Waals surface area contributed by atoms with Crippen molar-refractivity contribution in [3.8, 4) is 5.75 Å². The third-order valence-corrected chi connectivity index (χ3v) is 9.88. The lowest BCUT2D eigenvalue weighted by Crippen LogP contribution is -2.39. The number of fused-ring (bicyclic) bond motifs is 1. The summed E-state index contributed by atoms with van der Waals surface area (Å²) in [5, 5.41) is 0.593. The molecule has 4 rings (SSSR count). The zero-order valence-corrected chi connectivity index (χ0v) is 24.9. The third kappa shape index (κ3) is 6.48. The van der Waals surface area contributed by atoms with E-state index in [1.165, 1.54) is 11.3 Å². The number of para-hydroxylation sites is 1. The fourth-order valence-corrected chi connectivity index (χ4v) is 7.30. The van der Waals surface area contributed by atoms with Gasteiger partial charge in [0, 0.05) is 31.7 Å². The molecule has 0 saturated carbocycles. The lowest BCUT2D eigenvalue weighted by molar-refractivity contribution is 0.0983. The Hall–Kier alpha value is -2.24. The molecule has 2 heterocycles. The minimum absolute atomic E-state index is 0. The fourth-order valence-electron chi connectivity index (χ4n) is 4.70. The molecular formula is C27H37ClN4O4S2. The zero-order valence-electron chi connectivity index (χ0n) is 22.4. The lowest BCUT2D eigenvalue weighted by Gasteiger charge is -2.30. The Labute approximate surface area is 236 Å². The number of aromatic nitrogens is 1. The van der Waals surface area contributed by atoms with Crippen molar-refractivity contribution in [2.24, 2.45) is 5.92 Å². The molecule has 208 valence electrons. The van der Waals surface area contributed by atoms with Gasteiger partial charge in [-0.05, 0) is 68.2 Å². The van der Waals surface area contributed by atoms with Gasteiger partial charge in [0.1, 0.15) is 11.3 Å². The van der Waals surface area contributed by atoms with Gasteiger partial charge in [0.15, 0.2) is 5.13 Å². The Kier molecular flexibility index (Phi) is 10.5. The summed E-state index contributed by atoms with van der Waals surface area (Å²) in [5.41, 5.74) is 1.15. The van der Waals surface area contributed by atoms with Crippen molar-refractivity contribution in [1.82, 2.24) is 14.2 Å². The van der Waals surface area contributed by atoms with Crippen molar-refractivity contribution >= 4 is 55.0 Å². The number of benzene rings is 2. The van der Waals surface area contributed by atoms with Crippen molar-refractivity contribution in [1.29, 1.82) is 0 Å². The van der Waals surface area contributed by atoms with Gasteiger partial charge in [0.25, 0.3) is 5.91 Å². The predicted octanol–water partition coefficient (Wildman–Crippen LogP) is 5.14. The number of halogens is 1. The number of ether oxygens (including phenoxy) is 1. The second kappa shape index (κ2) is 13.2. The third-order valence-electron chi connectivity index (χ3n) is 6.96. The monoisotopic (exact) mass is 580 g/mol. The highest BCUT2D eigenvalue weighted by Crippen LogP contribution is 2.34. The highest BCUT2D eigenvalue weighted by atomic mass is 35.5. The van der Waals surface area contributed by atoms with Crippen molar-refractivity contribution in [3.05, 3.63) is 48.0 Å². The summed E-state index contributed by atoms with van der Waals surface area (Å²) in [4.78, 5) is 22.7. The van der Waals surface area contributed by atoms with Crippen LogP contribution in [0, 0.1) is 5.92 Å². The molecular weight excluding hydrogens is 544 g/mol. The van der Waals surface area contributed by atoms with Gasteiger partial charge < -0.3 is 9.64 Å². The number of carbonyl (C=O) groups is 1. The van der Waals surface area contributed by atoms with Gasteiger partial charge in [0.05, 0.1) is 16.7 Å². The van der Waals surface area contributed by atoms with Crippen LogP contribution < -0.4 is 9.64 Å². The molecule has 0 radical (unpaired) electrons. The minimum atomic E-state index is -3.59. The molecule has 1 aliphatic rings. The molecule has 1 atom stereocenters.